The fraction of sp³-hybridized carbons (Fsp3) is 0.647. The molecule has 1 aliphatic rings. The van der Waals surface area contributed by atoms with E-state index >= 15 is 0 Å². The van der Waals surface area contributed by atoms with Gasteiger partial charge in [-0.25, -0.2) is 0 Å². The molecule has 2 rings (SSSR count). The zero-order valence-electron chi connectivity index (χ0n) is 13.4. The van der Waals surface area contributed by atoms with E-state index in [0.29, 0.717) is 6.04 Å². The largest absolute Gasteiger partial charge is 0.379 e. The van der Waals surface area contributed by atoms with Crippen molar-refractivity contribution in [3.05, 3.63) is 34.9 Å². The highest BCUT2D eigenvalue weighted by Crippen LogP contribution is 2.27. The number of likely N-dealkylation sites (N-methyl/N-ethyl adjacent to an activating group) is 1. The van der Waals surface area contributed by atoms with E-state index in [1.807, 2.05) is 12.1 Å². The number of hydrogen-bond donors (Lipinski definition) is 1. The highest BCUT2D eigenvalue weighted by molar-refractivity contribution is 6.30. The molecule has 21 heavy (non-hydrogen) atoms. The maximum atomic E-state index is 5.98. The Balaban J connectivity index is 2.13. The number of nitrogens with one attached hydrogen (secondary N) is 1. The number of ether oxygens (including phenoxy) is 1. The summed E-state index contributed by atoms with van der Waals surface area (Å²) < 4.78 is 5.51. The summed E-state index contributed by atoms with van der Waals surface area (Å²) in [5.74, 6) is 0. The molecule has 2 atom stereocenters. The van der Waals surface area contributed by atoms with Gasteiger partial charge in [0.05, 0.1) is 13.2 Å². The molecule has 3 nitrogen and oxygen atoms in total. The maximum Gasteiger partial charge on any atom is 0.0594 e. The molecule has 1 saturated heterocycles. The minimum atomic E-state index is 0.137. The summed E-state index contributed by atoms with van der Waals surface area (Å²) in [6.45, 7) is 8.36. The van der Waals surface area contributed by atoms with Crippen molar-refractivity contribution in [3.8, 4) is 0 Å². The van der Waals surface area contributed by atoms with Crippen molar-refractivity contribution in [3.63, 3.8) is 0 Å². The predicted octanol–water partition coefficient (Wildman–Crippen LogP) is 2.97. The van der Waals surface area contributed by atoms with Gasteiger partial charge < -0.3 is 10.1 Å². The lowest BCUT2D eigenvalue weighted by molar-refractivity contribution is -0.0313. The summed E-state index contributed by atoms with van der Waals surface area (Å²) in [6, 6.07) is 8.61. The average molecular weight is 311 g/mol. The van der Waals surface area contributed by atoms with E-state index in [9.17, 15) is 0 Å². The van der Waals surface area contributed by atoms with Crippen LogP contribution >= 0.6 is 11.6 Å². The van der Waals surface area contributed by atoms with Gasteiger partial charge in [0.15, 0.2) is 0 Å². The Morgan fingerprint density at radius 2 is 1.90 bits per heavy atom. The highest BCUT2D eigenvalue weighted by Gasteiger charge is 2.38. The topological polar surface area (TPSA) is 24.5 Å². The molecule has 1 aliphatic heterocycles. The molecular formula is C17H27ClN2O. The van der Waals surface area contributed by atoms with Gasteiger partial charge in [0.25, 0.3) is 0 Å². The van der Waals surface area contributed by atoms with Crippen LogP contribution in [0.2, 0.25) is 5.02 Å². The lowest BCUT2D eigenvalue weighted by Crippen LogP contribution is -2.61. The van der Waals surface area contributed by atoms with Crippen molar-refractivity contribution in [2.24, 2.45) is 0 Å². The second kappa shape index (κ2) is 7.59. The standard InChI is InChI=1S/C17H27ClN2O/c1-4-17(2,20-9-11-21-12-10-20)16(19-3)13-14-5-7-15(18)8-6-14/h5-8,16,19H,4,9-13H2,1-3H3. The van der Waals surface area contributed by atoms with Crippen molar-refractivity contribution in [2.75, 3.05) is 33.4 Å². The minimum Gasteiger partial charge on any atom is -0.379 e. The van der Waals surface area contributed by atoms with Crippen molar-refractivity contribution in [1.29, 1.82) is 0 Å². The van der Waals surface area contributed by atoms with E-state index < -0.39 is 0 Å². The van der Waals surface area contributed by atoms with Crippen LogP contribution in [0.25, 0.3) is 0 Å². The summed E-state index contributed by atoms with van der Waals surface area (Å²) in [7, 11) is 2.06. The van der Waals surface area contributed by atoms with Gasteiger partial charge in [-0.2, -0.15) is 0 Å². The van der Waals surface area contributed by atoms with Crippen molar-refractivity contribution in [1.82, 2.24) is 10.2 Å². The quantitative estimate of drug-likeness (QED) is 0.874. The van der Waals surface area contributed by atoms with E-state index in [2.05, 4.69) is 43.2 Å². The van der Waals surface area contributed by atoms with Gasteiger partial charge in [0, 0.05) is 29.7 Å². The molecule has 0 aliphatic carbocycles. The molecular weight excluding hydrogens is 284 g/mol. The first kappa shape index (κ1) is 16.8. The number of hydrogen-bond acceptors (Lipinski definition) is 3. The first-order chi connectivity index (χ1) is 10.1. The van der Waals surface area contributed by atoms with Crippen LogP contribution in [0.5, 0.6) is 0 Å². The Hall–Kier alpha value is -0.610. The number of morpholine rings is 1. The van der Waals surface area contributed by atoms with Gasteiger partial charge in [0.1, 0.15) is 0 Å². The third-order valence-electron chi connectivity index (χ3n) is 4.90. The van der Waals surface area contributed by atoms with Crippen molar-refractivity contribution >= 4 is 11.6 Å². The molecule has 1 fully saturated rings. The molecule has 1 aromatic carbocycles. The zero-order valence-corrected chi connectivity index (χ0v) is 14.1. The van der Waals surface area contributed by atoms with Crippen LogP contribution in [0.1, 0.15) is 25.8 Å². The van der Waals surface area contributed by atoms with Crippen molar-refractivity contribution < 1.29 is 4.74 Å². The van der Waals surface area contributed by atoms with Gasteiger partial charge >= 0.3 is 0 Å². The van der Waals surface area contributed by atoms with Gasteiger partial charge in [-0.05, 0) is 44.5 Å². The Bertz CT molecular complexity index is 431. The molecule has 0 radical (unpaired) electrons. The molecule has 1 aromatic rings. The lowest BCUT2D eigenvalue weighted by atomic mass is 9.83. The molecule has 0 spiro atoms. The fourth-order valence-electron chi connectivity index (χ4n) is 3.25. The van der Waals surface area contributed by atoms with Gasteiger partial charge in [0.2, 0.25) is 0 Å². The molecule has 118 valence electrons. The summed E-state index contributed by atoms with van der Waals surface area (Å²) in [6.07, 6.45) is 2.13. The third kappa shape index (κ3) is 3.98. The SMILES string of the molecule is CCC(C)(C(Cc1ccc(Cl)cc1)NC)N1CCOCC1. The molecule has 4 heteroatoms. The van der Waals surface area contributed by atoms with Crippen LogP contribution < -0.4 is 5.32 Å². The highest BCUT2D eigenvalue weighted by atomic mass is 35.5. The molecule has 1 heterocycles. The monoisotopic (exact) mass is 310 g/mol. The summed E-state index contributed by atoms with van der Waals surface area (Å²) in [5, 5.41) is 4.34. The van der Waals surface area contributed by atoms with Crippen LogP contribution in [0.4, 0.5) is 0 Å². The summed E-state index contributed by atoms with van der Waals surface area (Å²) >= 11 is 5.98. The first-order valence-corrected chi connectivity index (χ1v) is 8.22. The number of benzene rings is 1. The van der Waals surface area contributed by atoms with Crippen LogP contribution in [0.15, 0.2) is 24.3 Å². The van der Waals surface area contributed by atoms with Gasteiger partial charge in [-0.15, -0.1) is 0 Å². The van der Waals surface area contributed by atoms with Crippen LogP contribution in [-0.2, 0) is 11.2 Å². The predicted molar refractivity (Wildman–Crippen MR) is 89.1 cm³/mol. The lowest BCUT2D eigenvalue weighted by Gasteiger charge is -2.48. The zero-order chi connectivity index (χ0) is 15.3. The summed E-state index contributed by atoms with van der Waals surface area (Å²) in [4.78, 5) is 2.58. The molecule has 2 unspecified atom stereocenters. The Morgan fingerprint density at radius 3 is 2.43 bits per heavy atom. The van der Waals surface area contributed by atoms with Gasteiger partial charge in [-0.3, -0.25) is 4.90 Å². The maximum absolute atomic E-state index is 5.98. The van der Waals surface area contributed by atoms with E-state index in [1.165, 1.54) is 5.56 Å². The van der Waals surface area contributed by atoms with E-state index in [0.717, 1.165) is 44.2 Å². The second-order valence-electron chi connectivity index (χ2n) is 5.98. The molecule has 0 bridgehead atoms. The minimum absolute atomic E-state index is 0.137. The van der Waals surface area contributed by atoms with E-state index in [-0.39, 0.29) is 5.54 Å². The van der Waals surface area contributed by atoms with E-state index in [1.54, 1.807) is 0 Å². The second-order valence-corrected chi connectivity index (χ2v) is 6.42. The first-order valence-electron chi connectivity index (χ1n) is 7.84. The van der Waals surface area contributed by atoms with Crippen LogP contribution in [0.3, 0.4) is 0 Å². The third-order valence-corrected chi connectivity index (χ3v) is 5.15. The summed E-state index contributed by atoms with van der Waals surface area (Å²) in [5.41, 5.74) is 1.46. The van der Waals surface area contributed by atoms with Crippen LogP contribution in [-0.4, -0.2) is 49.8 Å². The smallest absolute Gasteiger partial charge is 0.0594 e. The van der Waals surface area contributed by atoms with Gasteiger partial charge in [-0.1, -0.05) is 30.7 Å². The molecule has 0 saturated carbocycles. The van der Waals surface area contributed by atoms with Crippen LogP contribution in [0, 0.1) is 0 Å². The normalized spacial score (nSPS) is 21.0. The Morgan fingerprint density at radius 1 is 1.29 bits per heavy atom. The molecule has 0 amide bonds. The van der Waals surface area contributed by atoms with Crippen molar-refractivity contribution in [2.45, 2.75) is 38.3 Å². The average Bonchev–Trinajstić information content (AvgIpc) is 2.54. The number of halogens is 1. The Kier molecular flexibility index (Phi) is 6.06. The number of nitrogens with zero attached hydrogens (tertiary/aromatic N) is 1. The fourth-order valence-corrected chi connectivity index (χ4v) is 3.38. The Labute approximate surface area is 133 Å². The van der Waals surface area contributed by atoms with E-state index in [4.69, 9.17) is 16.3 Å². The molecule has 0 aromatic heterocycles. The number of rotatable bonds is 6. The molecule has 1 N–H and O–H groups in total.